The van der Waals surface area contributed by atoms with Crippen LogP contribution < -0.4 is 11.4 Å². The molecular formula is C8H11N3O2. The fourth-order valence-electron chi connectivity index (χ4n) is 0.838. The van der Waals surface area contributed by atoms with E-state index < -0.39 is 5.69 Å². The first-order valence-corrected chi connectivity index (χ1v) is 3.86. The summed E-state index contributed by atoms with van der Waals surface area (Å²) in [6.07, 6.45) is 5.50. The van der Waals surface area contributed by atoms with E-state index in [0.717, 1.165) is 0 Å². The van der Waals surface area contributed by atoms with Crippen molar-refractivity contribution < 1.29 is 5.11 Å². The van der Waals surface area contributed by atoms with Gasteiger partial charge in [-0.15, -0.1) is 0 Å². The van der Waals surface area contributed by atoms with Gasteiger partial charge in [-0.3, -0.25) is 0 Å². The van der Waals surface area contributed by atoms with Crippen LogP contribution in [-0.2, 0) is 0 Å². The van der Waals surface area contributed by atoms with Gasteiger partial charge in [0.05, 0.1) is 0 Å². The quantitative estimate of drug-likeness (QED) is 0.599. The number of rotatable bonds is 3. The number of nitrogen functional groups attached to an aromatic ring is 1. The molecule has 0 aliphatic carbocycles. The molecule has 1 rings (SSSR count). The molecule has 0 saturated carbocycles. The van der Waals surface area contributed by atoms with Gasteiger partial charge in [-0.1, -0.05) is 12.2 Å². The molecular weight excluding hydrogens is 170 g/mol. The summed E-state index contributed by atoms with van der Waals surface area (Å²) < 4.78 is 0. The molecule has 0 aromatic carbocycles. The summed E-state index contributed by atoms with van der Waals surface area (Å²) in [5, 5.41) is 8.50. The number of hydrogen-bond donors (Lipinski definition) is 3. The third-order valence-corrected chi connectivity index (χ3v) is 1.46. The molecule has 0 fully saturated rings. The Morgan fingerprint density at radius 3 is 3.08 bits per heavy atom. The monoisotopic (exact) mass is 181 g/mol. The van der Waals surface area contributed by atoms with E-state index >= 15 is 0 Å². The number of hydrogen-bond acceptors (Lipinski definition) is 4. The van der Waals surface area contributed by atoms with Crippen LogP contribution in [0.5, 0.6) is 0 Å². The lowest BCUT2D eigenvalue weighted by atomic mass is 10.2. The SMILES string of the molecule is Nc1nc(=O)[nH]cc1C=CCCO. The number of nitrogens with one attached hydrogen (secondary N) is 1. The summed E-state index contributed by atoms with van der Waals surface area (Å²) in [6, 6.07) is 0. The average molecular weight is 181 g/mol. The van der Waals surface area contributed by atoms with Crippen LogP contribution in [-0.4, -0.2) is 21.7 Å². The van der Waals surface area contributed by atoms with E-state index in [1.165, 1.54) is 6.20 Å². The van der Waals surface area contributed by atoms with Crippen molar-refractivity contribution in [2.24, 2.45) is 0 Å². The van der Waals surface area contributed by atoms with Gasteiger partial charge in [0.25, 0.3) is 0 Å². The molecule has 0 saturated heterocycles. The van der Waals surface area contributed by atoms with Crippen LogP contribution >= 0.6 is 0 Å². The minimum atomic E-state index is -0.461. The molecule has 0 radical (unpaired) electrons. The van der Waals surface area contributed by atoms with E-state index in [-0.39, 0.29) is 12.4 Å². The number of aliphatic hydroxyl groups is 1. The Labute approximate surface area is 74.9 Å². The molecule has 70 valence electrons. The zero-order valence-electron chi connectivity index (χ0n) is 7.03. The van der Waals surface area contributed by atoms with E-state index in [1.807, 2.05) is 0 Å². The van der Waals surface area contributed by atoms with E-state index in [2.05, 4.69) is 9.97 Å². The van der Waals surface area contributed by atoms with Gasteiger partial charge in [-0.05, 0) is 6.42 Å². The van der Waals surface area contributed by atoms with Crippen LogP contribution in [0.15, 0.2) is 17.1 Å². The number of H-pyrrole nitrogens is 1. The molecule has 4 N–H and O–H groups in total. The fourth-order valence-corrected chi connectivity index (χ4v) is 0.838. The summed E-state index contributed by atoms with van der Waals surface area (Å²) in [6.45, 7) is 0.0905. The maximum absolute atomic E-state index is 10.7. The molecule has 1 aromatic heterocycles. The largest absolute Gasteiger partial charge is 0.396 e. The smallest absolute Gasteiger partial charge is 0.346 e. The summed E-state index contributed by atoms with van der Waals surface area (Å²) >= 11 is 0. The first kappa shape index (κ1) is 9.47. The number of aromatic nitrogens is 2. The highest BCUT2D eigenvalue weighted by Gasteiger charge is 1.95. The lowest BCUT2D eigenvalue weighted by Gasteiger charge is -1.95. The first-order chi connectivity index (χ1) is 6.24. The Hall–Kier alpha value is -1.62. The van der Waals surface area contributed by atoms with Crippen LogP contribution in [0.3, 0.4) is 0 Å². The van der Waals surface area contributed by atoms with Crippen molar-refractivity contribution in [2.75, 3.05) is 12.3 Å². The third-order valence-electron chi connectivity index (χ3n) is 1.46. The highest BCUT2D eigenvalue weighted by Crippen LogP contribution is 2.05. The highest BCUT2D eigenvalue weighted by atomic mass is 16.2. The summed E-state index contributed by atoms with van der Waals surface area (Å²) in [7, 11) is 0. The minimum Gasteiger partial charge on any atom is -0.396 e. The molecule has 0 atom stereocenters. The van der Waals surface area contributed by atoms with Gasteiger partial charge in [0.1, 0.15) is 5.82 Å². The second-order valence-electron chi connectivity index (χ2n) is 2.46. The minimum absolute atomic E-state index is 0.0905. The molecule has 0 aliphatic heterocycles. The summed E-state index contributed by atoms with van der Waals surface area (Å²) in [4.78, 5) is 16.6. The van der Waals surface area contributed by atoms with Crippen molar-refractivity contribution in [3.63, 3.8) is 0 Å². The number of nitrogens with zero attached hydrogens (tertiary/aromatic N) is 1. The second-order valence-corrected chi connectivity index (χ2v) is 2.46. The molecule has 0 bridgehead atoms. The maximum Gasteiger partial charge on any atom is 0.346 e. The molecule has 5 nitrogen and oxygen atoms in total. The molecule has 0 aliphatic rings. The van der Waals surface area contributed by atoms with Crippen molar-refractivity contribution in [3.05, 3.63) is 28.3 Å². The van der Waals surface area contributed by atoms with Gasteiger partial charge >= 0.3 is 5.69 Å². The molecule has 0 amide bonds. The number of aliphatic hydroxyl groups excluding tert-OH is 1. The molecule has 0 spiro atoms. The Bertz CT molecular complexity index is 357. The van der Waals surface area contributed by atoms with Gasteiger partial charge in [-0.25, -0.2) is 4.79 Å². The van der Waals surface area contributed by atoms with Gasteiger partial charge in [0, 0.05) is 18.4 Å². The maximum atomic E-state index is 10.7. The van der Waals surface area contributed by atoms with Gasteiger partial charge in [0.15, 0.2) is 0 Å². The van der Waals surface area contributed by atoms with Gasteiger partial charge < -0.3 is 15.8 Å². The predicted octanol–water partition coefficient (Wildman–Crippen LogP) is -0.252. The third kappa shape index (κ3) is 2.72. The van der Waals surface area contributed by atoms with Crippen molar-refractivity contribution >= 4 is 11.9 Å². The summed E-state index contributed by atoms with van der Waals surface area (Å²) in [5.41, 5.74) is 5.64. The van der Waals surface area contributed by atoms with Crippen LogP contribution in [0.4, 0.5) is 5.82 Å². The normalized spacial score (nSPS) is 10.8. The molecule has 1 heterocycles. The zero-order valence-corrected chi connectivity index (χ0v) is 7.03. The van der Waals surface area contributed by atoms with Crippen LogP contribution in [0.2, 0.25) is 0 Å². The van der Waals surface area contributed by atoms with Crippen molar-refractivity contribution in [2.45, 2.75) is 6.42 Å². The van der Waals surface area contributed by atoms with E-state index in [0.29, 0.717) is 12.0 Å². The fraction of sp³-hybridized carbons (Fsp3) is 0.250. The predicted molar refractivity (Wildman–Crippen MR) is 50.0 cm³/mol. The topological polar surface area (TPSA) is 92.0 Å². The lowest BCUT2D eigenvalue weighted by Crippen LogP contribution is -2.12. The Kier molecular flexibility index (Phi) is 3.22. The van der Waals surface area contributed by atoms with Crippen molar-refractivity contribution in [1.82, 2.24) is 9.97 Å². The van der Waals surface area contributed by atoms with E-state index in [4.69, 9.17) is 10.8 Å². The second kappa shape index (κ2) is 4.42. The van der Waals surface area contributed by atoms with E-state index in [9.17, 15) is 4.79 Å². The molecule has 0 unspecified atom stereocenters. The Balaban J connectivity index is 2.83. The number of aromatic amines is 1. The van der Waals surface area contributed by atoms with Crippen molar-refractivity contribution in [3.8, 4) is 0 Å². The Morgan fingerprint density at radius 1 is 1.69 bits per heavy atom. The lowest BCUT2D eigenvalue weighted by molar-refractivity contribution is 0.303. The Morgan fingerprint density at radius 2 is 2.46 bits per heavy atom. The van der Waals surface area contributed by atoms with Crippen LogP contribution in [0.25, 0.3) is 6.08 Å². The van der Waals surface area contributed by atoms with Gasteiger partial charge in [-0.2, -0.15) is 4.98 Å². The van der Waals surface area contributed by atoms with Crippen LogP contribution in [0, 0.1) is 0 Å². The van der Waals surface area contributed by atoms with Crippen LogP contribution in [0.1, 0.15) is 12.0 Å². The van der Waals surface area contributed by atoms with Gasteiger partial charge in [0.2, 0.25) is 0 Å². The van der Waals surface area contributed by atoms with E-state index in [1.54, 1.807) is 12.2 Å². The first-order valence-electron chi connectivity index (χ1n) is 3.86. The summed E-state index contributed by atoms with van der Waals surface area (Å²) in [5.74, 6) is 0.193. The zero-order chi connectivity index (χ0) is 9.68. The molecule has 13 heavy (non-hydrogen) atoms. The average Bonchev–Trinajstić information content (AvgIpc) is 2.09. The highest BCUT2D eigenvalue weighted by molar-refractivity contribution is 5.59. The number of anilines is 1. The number of nitrogens with two attached hydrogens (primary N) is 1. The van der Waals surface area contributed by atoms with Crippen molar-refractivity contribution in [1.29, 1.82) is 0 Å². The molecule has 5 heteroatoms. The molecule has 1 aromatic rings. The standard InChI is InChI=1S/C8H11N3O2/c9-7-6(3-1-2-4-12)5-10-8(13)11-7/h1,3,5,12H,2,4H2,(H3,9,10,11,13).